The lowest BCUT2D eigenvalue weighted by Crippen LogP contribution is -2.53. The molecule has 0 aromatic heterocycles. The van der Waals surface area contributed by atoms with Crippen LogP contribution >= 0.6 is 28.1 Å². The maximum absolute atomic E-state index is 12.5. The van der Waals surface area contributed by atoms with E-state index < -0.39 is 11.8 Å². The van der Waals surface area contributed by atoms with Gasteiger partial charge in [0.15, 0.2) is 16.6 Å². The second kappa shape index (κ2) is 6.13. The summed E-state index contributed by atoms with van der Waals surface area (Å²) in [6, 6.07) is 3.43. The van der Waals surface area contributed by atoms with Gasteiger partial charge in [0.05, 0.1) is 0 Å². The van der Waals surface area contributed by atoms with E-state index in [-0.39, 0.29) is 24.0 Å². The van der Waals surface area contributed by atoms with Gasteiger partial charge in [0, 0.05) is 11.0 Å². The molecule has 0 radical (unpaired) electrons. The molecule has 0 saturated carbocycles. The van der Waals surface area contributed by atoms with Crippen LogP contribution in [0.25, 0.3) is 6.08 Å². The first kappa shape index (κ1) is 15.7. The Morgan fingerprint density at radius 3 is 2.74 bits per heavy atom. The minimum absolute atomic E-state index is 0.0139. The average molecular weight is 395 g/mol. The first-order chi connectivity index (χ1) is 11.0. The number of thiocarbonyl (C=S) groups is 1. The van der Waals surface area contributed by atoms with Crippen molar-refractivity contribution in [3.05, 3.63) is 40.4 Å². The van der Waals surface area contributed by atoms with E-state index in [9.17, 15) is 9.59 Å². The Balaban J connectivity index is 2.01. The zero-order chi connectivity index (χ0) is 16.6. The lowest BCUT2D eigenvalue weighted by Gasteiger charge is -2.27. The molecular weight excluding hydrogens is 384 g/mol. The standard InChI is InChI=1S/C15H11BrN2O4S/c1-2-3-18-14(20)9(13(19)17-15(18)23)4-8-5-11-12(6-10(8)16)22-7-21-11/h2,4-6H,1,3,7H2,(H,17,19,23)/b9-4+. The van der Waals surface area contributed by atoms with Crippen molar-refractivity contribution in [2.75, 3.05) is 13.3 Å². The van der Waals surface area contributed by atoms with Crippen molar-refractivity contribution in [3.63, 3.8) is 0 Å². The van der Waals surface area contributed by atoms with E-state index in [4.69, 9.17) is 21.7 Å². The van der Waals surface area contributed by atoms with E-state index in [1.165, 1.54) is 17.1 Å². The van der Waals surface area contributed by atoms with Crippen LogP contribution in [-0.2, 0) is 9.59 Å². The summed E-state index contributed by atoms with van der Waals surface area (Å²) in [5, 5.41) is 2.57. The molecule has 0 unspecified atom stereocenters. The fourth-order valence-corrected chi connectivity index (χ4v) is 2.87. The molecule has 2 aliphatic heterocycles. The predicted octanol–water partition coefficient (Wildman–Crippen LogP) is 1.99. The molecule has 0 bridgehead atoms. The Hall–Kier alpha value is -2.19. The van der Waals surface area contributed by atoms with E-state index in [1.807, 2.05) is 0 Å². The second-order valence-corrected chi connectivity index (χ2v) is 5.99. The van der Waals surface area contributed by atoms with E-state index in [2.05, 4.69) is 27.8 Å². The molecule has 1 N–H and O–H groups in total. The highest BCUT2D eigenvalue weighted by Crippen LogP contribution is 2.37. The maximum atomic E-state index is 12.5. The Labute approximate surface area is 145 Å². The van der Waals surface area contributed by atoms with Gasteiger partial charge in [0.25, 0.3) is 11.8 Å². The van der Waals surface area contributed by atoms with Crippen LogP contribution in [0.2, 0.25) is 0 Å². The molecule has 1 aromatic carbocycles. The van der Waals surface area contributed by atoms with E-state index >= 15 is 0 Å². The topological polar surface area (TPSA) is 67.9 Å². The summed E-state index contributed by atoms with van der Waals surface area (Å²) in [7, 11) is 0. The number of hydrogen-bond donors (Lipinski definition) is 1. The van der Waals surface area contributed by atoms with Gasteiger partial charge < -0.3 is 9.47 Å². The molecule has 2 amide bonds. The number of ether oxygens (including phenoxy) is 2. The fraction of sp³-hybridized carbons (Fsp3) is 0.133. The quantitative estimate of drug-likeness (QED) is 0.367. The minimum atomic E-state index is -0.537. The second-order valence-electron chi connectivity index (χ2n) is 4.75. The van der Waals surface area contributed by atoms with Gasteiger partial charge in [0.2, 0.25) is 6.79 Å². The van der Waals surface area contributed by atoms with Crippen LogP contribution in [0.1, 0.15) is 5.56 Å². The number of fused-ring (bicyclic) bond motifs is 1. The van der Waals surface area contributed by atoms with Gasteiger partial charge in [-0.3, -0.25) is 19.8 Å². The molecule has 2 aliphatic rings. The van der Waals surface area contributed by atoms with Crippen molar-refractivity contribution >= 4 is 51.2 Å². The summed E-state index contributed by atoms with van der Waals surface area (Å²) >= 11 is 8.40. The molecule has 118 valence electrons. The Bertz CT molecular complexity index is 775. The molecule has 8 heteroatoms. The normalized spacial score (nSPS) is 18.4. The highest BCUT2D eigenvalue weighted by molar-refractivity contribution is 9.10. The third kappa shape index (κ3) is 2.87. The van der Waals surface area contributed by atoms with Gasteiger partial charge in [-0.25, -0.2) is 0 Å². The monoisotopic (exact) mass is 394 g/mol. The zero-order valence-electron chi connectivity index (χ0n) is 11.8. The molecule has 1 aromatic rings. The number of halogens is 1. The number of carbonyl (C=O) groups is 2. The van der Waals surface area contributed by atoms with E-state index in [0.29, 0.717) is 21.5 Å². The molecule has 0 atom stereocenters. The largest absolute Gasteiger partial charge is 0.454 e. The van der Waals surface area contributed by atoms with E-state index in [0.717, 1.165) is 0 Å². The van der Waals surface area contributed by atoms with Crippen LogP contribution in [0.4, 0.5) is 0 Å². The van der Waals surface area contributed by atoms with Gasteiger partial charge in [-0.1, -0.05) is 22.0 Å². The first-order valence-corrected chi connectivity index (χ1v) is 7.80. The molecule has 1 fully saturated rings. The van der Waals surface area contributed by atoms with Gasteiger partial charge in [-0.15, -0.1) is 6.58 Å². The van der Waals surface area contributed by atoms with Crippen LogP contribution < -0.4 is 14.8 Å². The smallest absolute Gasteiger partial charge is 0.265 e. The third-order valence-electron chi connectivity index (χ3n) is 3.29. The summed E-state index contributed by atoms with van der Waals surface area (Å²) in [5.41, 5.74) is 0.610. The molecule has 0 spiro atoms. The number of carbonyl (C=O) groups excluding carboxylic acids is 2. The molecule has 3 rings (SSSR count). The molecule has 2 heterocycles. The number of nitrogens with zero attached hydrogens (tertiary/aromatic N) is 1. The summed E-state index contributed by atoms with van der Waals surface area (Å²) in [4.78, 5) is 25.9. The molecule has 23 heavy (non-hydrogen) atoms. The maximum Gasteiger partial charge on any atom is 0.265 e. The van der Waals surface area contributed by atoms with Crippen LogP contribution in [0.5, 0.6) is 11.5 Å². The summed E-state index contributed by atoms with van der Waals surface area (Å²) in [5.74, 6) is 0.156. The fourth-order valence-electron chi connectivity index (χ4n) is 2.19. The Morgan fingerprint density at radius 1 is 1.35 bits per heavy atom. The van der Waals surface area contributed by atoms with E-state index in [1.54, 1.807) is 12.1 Å². The molecular formula is C15H11BrN2O4S. The van der Waals surface area contributed by atoms with Gasteiger partial charge in [-0.2, -0.15) is 0 Å². The summed E-state index contributed by atoms with van der Waals surface area (Å²) in [6.07, 6.45) is 3.03. The number of nitrogens with one attached hydrogen (secondary N) is 1. The first-order valence-electron chi connectivity index (χ1n) is 6.60. The third-order valence-corrected chi connectivity index (χ3v) is 4.30. The number of benzene rings is 1. The number of hydrogen-bond acceptors (Lipinski definition) is 5. The average Bonchev–Trinajstić information content (AvgIpc) is 2.94. The minimum Gasteiger partial charge on any atom is -0.454 e. The van der Waals surface area contributed by atoms with Crippen molar-refractivity contribution in [1.82, 2.24) is 10.2 Å². The van der Waals surface area contributed by atoms with Crippen molar-refractivity contribution in [2.24, 2.45) is 0 Å². The van der Waals surface area contributed by atoms with Crippen molar-refractivity contribution < 1.29 is 19.1 Å². The van der Waals surface area contributed by atoms with Crippen molar-refractivity contribution in [1.29, 1.82) is 0 Å². The lowest BCUT2D eigenvalue weighted by atomic mass is 10.1. The molecule has 1 saturated heterocycles. The van der Waals surface area contributed by atoms with Crippen molar-refractivity contribution in [2.45, 2.75) is 0 Å². The van der Waals surface area contributed by atoms with Gasteiger partial charge in [0.1, 0.15) is 5.57 Å². The Kier molecular flexibility index (Phi) is 4.18. The molecule has 0 aliphatic carbocycles. The lowest BCUT2D eigenvalue weighted by molar-refractivity contribution is -0.128. The Morgan fingerprint density at radius 2 is 2.04 bits per heavy atom. The number of rotatable bonds is 3. The summed E-state index contributed by atoms with van der Waals surface area (Å²) in [6.45, 7) is 3.94. The highest BCUT2D eigenvalue weighted by Gasteiger charge is 2.32. The van der Waals surface area contributed by atoms with Gasteiger partial charge >= 0.3 is 0 Å². The van der Waals surface area contributed by atoms with Crippen LogP contribution in [0.15, 0.2) is 34.8 Å². The number of amides is 2. The molecule has 6 nitrogen and oxygen atoms in total. The van der Waals surface area contributed by atoms with Crippen molar-refractivity contribution in [3.8, 4) is 11.5 Å². The highest BCUT2D eigenvalue weighted by atomic mass is 79.9. The van der Waals surface area contributed by atoms with Crippen LogP contribution in [0.3, 0.4) is 0 Å². The van der Waals surface area contributed by atoms with Crippen LogP contribution in [0, 0.1) is 0 Å². The summed E-state index contributed by atoms with van der Waals surface area (Å²) < 4.78 is 11.3. The predicted molar refractivity (Wildman–Crippen MR) is 90.9 cm³/mol. The SMILES string of the molecule is C=CCN1C(=O)/C(=C/c2cc3c(cc2Br)OCO3)C(=O)NC1=S. The van der Waals surface area contributed by atoms with Crippen LogP contribution in [-0.4, -0.2) is 35.2 Å². The zero-order valence-corrected chi connectivity index (χ0v) is 14.2. The van der Waals surface area contributed by atoms with Gasteiger partial charge in [-0.05, 0) is 36.0 Å².